The van der Waals surface area contributed by atoms with Crippen molar-refractivity contribution in [2.24, 2.45) is 0 Å². The van der Waals surface area contributed by atoms with Gasteiger partial charge in [0.2, 0.25) is 11.7 Å². The van der Waals surface area contributed by atoms with Crippen LogP contribution in [0.2, 0.25) is 0 Å². The summed E-state index contributed by atoms with van der Waals surface area (Å²) < 4.78 is 36.1. The number of anilines is 1. The molecule has 0 aliphatic rings. The summed E-state index contributed by atoms with van der Waals surface area (Å²) in [6.07, 6.45) is 0. The summed E-state index contributed by atoms with van der Waals surface area (Å²) in [6.45, 7) is 0. The number of aromatic nitrogens is 4. The lowest BCUT2D eigenvalue weighted by Gasteiger charge is -2.12. The van der Waals surface area contributed by atoms with Gasteiger partial charge in [0.25, 0.3) is 5.56 Å². The first-order chi connectivity index (χ1) is 17.0. The van der Waals surface area contributed by atoms with Gasteiger partial charge in [0.1, 0.15) is 23.1 Å². The van der Waals surface area contributed by atoms with Crippen molar-refractivity contribution in [3.63, 3.8) is 0 Å². The molecule has 176 valence electrons. The van der Waals surface area contributed by atoms with Crippen molar-refractivity contribution >= 4 is 40.0 Å². The van der Waals surface area contributed by atoms with Crippen LogP contribution >= 0.6 is 11.8 Å². The molecule has 2 heterocycles. The molecule has 0 radical (unpaired) electrons. The van der Waals surface area contributed by atoms with Gasteiger partial charge in [0.05, 0.1) is 29.5 Å². The number of nitrogens with zero attached hydrogens (tertiary/aromatic N) is 4. The predicted octanol–water partition coefficient (Wildman–Crippen LogP) is 4.05. The fourth-order valence-corrected chi connectivity index (χ4v) is 4.42. The zero-order chi connectivity index (χ0) is 24.5. The van der Waals surface area contributed by atoms with E-state index in [4.69, 9.17) is 4.74 Å². The fraction of sp³-hybridized carbons (Fsp3) is 0.0833. The Morgan fingerprint density at radius 3 is 2.54 bits per heavy atom. The number of halogens is 2. The Morgan fingerprint density at radius 2 is 1.77 bits per heavy atom. The number of carbonyl (C=O) groups is 1. The Hall–Kier alpha value is -4.25. The van der Waals surface area contributed by atoms with Crippen LogP contribution in [0.5, 0.6) is 5.75 Å². The number of benzene rings is 3. The Bertz CT molecular complexity index is 1630. The van der Waals surface area contributed by atoms with E-state index in [0.29, 0.717) is 27.5 Å². The molecular formula is C24H17F2N5O3S. The summed E-state index contributed by atoms with van der Waals surface area (Å²) >= 11 is 1.02. The number of thioether (sulfide) groups is 1. The number of ether oxygens (including phenoxy) is 1. The molecule has 3 aromatic carbocycles. The van der Waals surface area contributed by atoms with Gasteiger partial charge in [-0.3, -0.25) is 14.0 Å². The zero-order valence-electron chi connectivity index (χ0n) is 18.2. The maximum atomic E-state index is 13.9. The number of hydrogen-bond donors (Lipinski definition) is 1. The van der Waals surface area contributed by atoms with E-state index < -0.39 is 23.2 Å². The van der Waals surface area contributed by atoms with Crippen molar-refractivity contribution in [2.75, 3.05) is 18.2 Å². The molecule has 8 nitrogen and oxygen atoms in total. The largest absolute Gasteiger partial charge is 0.497 e. The van der Waals surface area contributed by atoms with E-state index >= 15 is 0 Å². The Morgan fingerprint density at radius 1 is 1.03 bits per heavy atom. The van der Waals surface area contributed by atoms with E-state index in [1.54, 1.807) is 52.9 Å². The maximum Gasteiger partial charge on any atom is 0.267 e. The van der Waals surface area contributed by atoms with Crippen LogP contribution in [-0.4, -0.2) is 37.9 Å². The minimum atomic E-state index is -0.871. The number of amides is 1. The normalized spacial score (nSPS) is 11.2. The van der Waals surface area contributed by atoms with Gasteiger partial charge in [0, 0.05) is 6.07 Å². The molecule has 0 unspecified atom stereocenters. The number of para-hydroxylation sites is 2. The third-order valence-corrected chi connectivity index (χ3v) is 6.19. The number of rotatable bonds is 6. The van der Waals surface area contributed by atoms with Crippen LogP contribution in [0.3, 0.4) is 0 Å². The van der Waals surface area contributed by atoms with E-state index in [0.717, 1.165) is 23.9 Å². The highest BCUT2D eigenvalue weighted by Gasteiger charge is 2.19. The summed E-state index contributed by atoms with van der Waals surface area (Å²) in [6, 6.07) is 17.3. The molecular weight excluding hydrogens is 476 g/mol. The van der Waals surface area contributed by atoms with Crippen molar-refractivity contribution in [1.29, 1.82) is 0 Å². The molecule has 0 atom stereocenters. The number of hydrogen-bond acceptors (Lipinski definition) is 6. The molecule has 0 aliphatic heterocycles. The quantitative estimate of drug-likeness (QED) is 0.359. The van der Waals surface area contributed by atoms with Crippen molar-refractivity contribution in [1.82, 2.24) is 19.2 Å². The monoisotopic (exact) mass is 493 g/mol. The third kappa shape index (κ3) is 4.10. The molecule has 1 N–H and O–H groups in total. The summed E-state index contributed by atoms with van der Waals surface area (Å²) in [5.41, 5.74) is 0.279. The molecule has 11 heteroatoms. The Labute approximate surface area is 201 Å². The van der Waals surface area contributed by atoms with Crippen LogP contribution in [0.15, 0.2) is 76.7 Å². The van der Waals surface area contributed by atoms with Crippen molar-refractivity contribution in [2.45, 2.75) is 5.16 Å². The first kappa shape index (κ1) is 22.5. The first-order valence-corrected chi connectivity index (χ1v) is 11.4. The number of nitrogens with one attached hydrogen (secondary N) is 1. The van der Waals surface area contributed by atoms with Crippen LogP contribution in [0.1, 0.15) is 0 Å². The number of carbonyl (C=O) groups excluding carboxylic acids is 1. The summed E-state index contributed by atoms with van der Waals surface area (Å²) in [5, 5.41) is 11.4. The molecule has 5 rings (SSSR count). The van der Waals surface area contributed by atoms with Crippen LogP contribution in [0, 0.1) is 11.6 Å². The average molecular weight is 493 g/mol. The van der Waals surface area contributed by atoms with Crippen molar-refractivity contribution in [3.05, 3.63) is 88.7 Å². The lowest BCUT2D eigenvalue weighted by molar-refractivity contribution is -0.113. The minimum absolute atomic E-state index is 0.193. The number of methoxy groups -OCH3 is 1. The SMILES string of the molecule is COc1cccc(-n2c(=O)c3ccccc3n3c(SCC(=O)Nc4c(F)cccc4F)nnc23)c1. The lowest BCUT2D eigenvalue weighted by atomic mass is 10.2. The van der Waals surface area contributed by atoms with Gasteiger partial charge in [-0.2, -0.15) is 0 Å². The molecule has 0 saturated carbocycles. The maximum absolute atomic E-state index is 13.9. The molecule has 0 bridgehead atoms. The van der Waals surface area contributed by atoms with Crippen molar-refractivity contribution in [3.8, 4) is 11.4 Å². The summed E-state index contributed by atoms with van der Waals surface area (Å²) in [5.74, 6) is -1.76. The third-order valence-electron chi connectivity index (χ3n) is 5.27. The highest BCUT2D eigenvalue weighted by Crippen LogP contribution is 2.25. The van der Waals surface area contributed by atoms with Gasteiger partial charge in [-0.05, 0) is 36.4 Å². The molecule has 1 amide bonds. The summed E-state index contributed by atoms with van der Waals surface area (Å²) in [7, 11) is 1.53. The highest BCUT2D eigenvalue weighted by molar-refractivity contribution is 7.99. The van der Waals surface area contributed by atoms with Gasteiger partial charge < -0.3 is 10.1 Å². The van der Waals surface area contributed by atoms with E-state index in [1.165, 1.54) is 17.7 Å². The topological polar surface area (TPSA) is 90.5 Å². The molecule has 35 heavy (non-hydrogen) atoms. The van der Waals surface area contributed by atoms with Gasteiger partial charge in [-0.15, -0.1) is 10.2 Å². The predicted molar refractivity (Wildman–Crippen MR) is 128 cm³/mol. The Kier molecular flexibility index (Phi) is 5.91. The van der Waals surface area contributed by atoms with E-state index in [-0.39, 0.29) is 17.1 Å². The van der Waals surface area contributed by atoms with E-state index in [1.807, 2.05) is 0 Å². The molecule has 0 aliphatic carbocycles. The standard InChI is InChI=1S/C24H17F2N5O3S/c1-34-15-7-4-6-14(12-15)30-22(33)16-8-2-3-11-19(16)31-23(30)28-29-24(31)35-13-20(32)27-21-17(25)9-5-10-18(21)26/h2-12H,13H2,1H3,(H,27,32). The van der Waals surface area contributed by atoms with Gasteiger partial charge >= 0.3 is 0 Å². The minimum Gasteiger partial charge on any atom is -0.497 e. The second kappa shape index (κ2) is 9.18. The number of fused-ring (bicyclic) bond motifs is 3. The van der Waals surface area contributed by atoms with Gasteiger partial charge in [-0.25, -0.2) is 13.3 Å². The zero-order valence-corrected chi connectivity index (χ0v) is 19.1. The fourth-order valence-electron chi connectivity index (χ4n) is 3.68. The first-order valence-electron chi connectivity index (χ1n) is 10.4. The van der Waals surface area contributed by atoms with Crippen molar-refractivity contribution < 1.29 is 18.3 Å². The second-order valence-corrected chi connectivity index (χ2v) is 8.35. The second-order valence-electron chi connectivity index (χ2n) is 7.41. The molecule has 5 aromatic rings. The molecule has 0 fully saturated rings. The molecule has 2 aromatic heterocycles. The van der Waals surface area contributed by atoms with E-state index in [9.17, 15) is 18.4 Å². The lowest BCUT2D eigenvalue weighted by Crippen LogP contribution is -2.22. The Balaban J connectivity index is 1.56. The van der Waals surface area contributed by atoms with Crippen LogP contribution in [0.25, 0.3) is 22.4 Å². The average Bonchev–Trinajstić information content (AvgIpc) is 3.29. The smallest absolute Gasteiger partial charge is 0.267 e. The molecule has 0 saturated heterocycles. The van der Waals surface area contributed by atoms with Gasteiger partial charge in [-0.1, -0.05) is 36.0 Å². The van der Waals surface area contributed by atoms with E-state index in [2.05, 4.69) is 15.5 Å². The van der Waals surface area contributed by atoms with Crippen LogP contribution in [0.4, 0.5) is 14.5 Å². The van der Waals surface area contributed by atoms with Crippen LogP contribution in [-0.2, 0) is 4.79 Å². The summed E-state index contributed by atoms with van der Waals surface area (Å²) in [4.78, 5) is 25.8. The highest BCUT2D eigenvalue weighted by atomic mass is 32.2. The molecule has 0 spiro atoms. The van der Waals surface area contributed by atoms with Crippen LogP contribution < -0.4 is 15.6 Å². The van der Waals surface area contributed by atoms with Gasteiger partial charge in [0.15, 0.2) is 5.16 Å².